The van der Waals surface area contributed by atoms with Crippen LogP contribution >= 0.6 is 0 Å². The molecule has 0 aliphatic carbocycles. The van der Waals surface area contributed by atoms with Gasteiger partial charge in [-0.25, -0.2) is 0 Å². The smallest absolute Gasteiger partial charge is 0.0561 e. The van der Waals surface area contributed by atoms with Gasteiger partial charge in [0.2, 0.25) is 0 Å². The van der Waals surface area contributed by atoms with Crippen LogP contribution in [0.2, 0.25) is 0 Å². The van der Waals surface area contributed by atoms with Gasteiger partial charge in [0.1, 0.15) is 0 Å². The average Bonchev–Trinajstić information content (AvgIpc) is 2.71. The van der Waals surface area contributed by atoms with E-state index in [9.17, 15) is 0 Å². The molecule has 2 nitrogen and oxygen atoms in total. The lowest BCUT2D eigenvalue weighted by Crippen LogP contribution is -1.88. The van der Waals surface area contributed by atoms with Crippen molar-refractivity contribution >= 4 is 11.4 Å². The molecule has 0 atom stereocenters. The van der Waals surface area contributed by atoms with Crippen molar-refractivity contribution in [2.45, 2.75) is 0 Å². The largest absolute Gasteiger partial charge is 0.366 e. The molecule has 2 aromatic rings. The predicted molar refractivity (Wildman–Crippen MR) is 58.5 cm³/mol. The third-order valence-electron chi connectivity index (χ3n) is 1.92. The molecule has 0 bridgehead atoms. The standard InChI is InChI=1S/C12H10N2/c1-2-10-4-3-5-11(8-10)14-12-6-7-13-9-12/h1,3-9,13-14H. The first kappa shape index (κ1) is 8.46. The van der Waals surface area contributed by atoms with Crippen molar-refractivity contribution < 1.29 is 0 Å². The van der Waals surface area contributed by atoms with Gasteiger partial charge < -0.3 is 10.3 Å². The summed E-state index contributed by atoms with van der Waals surface area (Å²) in [6.45, 7) is 0. The second-order valence-corrected chi connectivity index (χ2v) is 2.95. The van der Waals surface area contributed by atoms with Crippen LogP contribution in [0.3, 0.4) is 0 Å². The SMILES string of the molecule is C#Cc1cccc(Nc2cc[nH]c2)c1. The van der Waals surface area contributed by atoms with E-state index in [1.54, 1.807) is 0 Å². The predicted octanol–water partition coefficient (Wildman–Crippen LogP) is 2.74. The Balaban J connectivity index is 2.22. The molecule has 0 unspecified atom stereocenters. The van der Waals surface area contributed by atoms with Crippen LogP contribution in [0.4, 0.5) is 11.4 Å². The first-order valence-corrected chi connectivity index (χ1v) is 4.35. The van der Waals surface area contributed by atoms with Crippen LogP contribution in [0.5, 0.6) is 0 Å². The van der Waals surface area contributed by atoms with Crippen molar-refractivity contribution in [3.8, 4) is 12.3 Å². The molecule has 2 rings (SSSR count). The van der Waals surface area contributed by atoms with Gasteiger partial charge in [0.15, 0.2) is 0 Å². The van der Waals surface area contributed by atoms with Gasteiger partial charge >= 0.3 is 0 Å². The first-order chi connectivity index (χ1) is 6.88. The highest BCUT2D eigenvalue weighted by Gasteiger charge is 1.94. The Morgan fingerprint density at radius 3 is 2.86 bits per heavy atom. The number of terminal acetylenes is 1. The second-order valence-electron chi connectivity index (χ2n) is 2.95. The van der Waals surface area contributed by atoms with E-state index in [1.807, 2.05) is 42.7 Å². The lowest BCUT2D eigenvalue weighted by molar-refractivity contribution is 1.41. The second kappa shape index (κ2) is 3.71. The summed E-state index contributed by atoms with van der Waals surface area (Å²) in [5.74, 6) is 2.60. The summed E-state index contributed by atoms with van der Waals surface area (Å²) in [5, 5.41) is 3.23. The molecule has 2 heteroatoms. The van der Waals surface area contributed by atoms with Crippen molar-refractivity contribution in [2.75, 3.05) is 5.32 Å². The van der Waals surface area contributed by atoms with E-state index < -0.39 is 0 Å². The van der Waals surface area contributed by atoms with Crippen LogP contribution < -0.4 is 5.32 Å². The first-order valence-electron chi connectivity index (χ1n) is 4.35. The maximum atomic E-state index is 5.31. The van der Waals surface area contributed by atoms with Gasteiger partial charge in [0, 0.05) is 23.6 Å². The highest BCUT2D eigenvalue weighted by atomic mass is 14.9. The van der Waals surface area contributed by atoms with E-state index in [0.717, 1.165) is 16.9 Å². The lowest BCUT2D eigenvalue weighted by atomic mass is 10.2. The number of rotatable bonds is 2. The monoisotopic (exact) mass is 182 g/mol. The van der Waals surface area contributed by atoms with Gasteiger partial charge in [-0.15, -0.1) is 6.42 Å². The van der Waals surface area contributed by atoms with Crippen LogP contribution in [0, 0.1) is 12.3 Å². The Morgan fingerprint density at radius 2 is 2.14 bits per heavy atom. The summed E-state index contributed by atoms with van der Waals surface area (Å²) in [4.78, 5) is 2.98. The Morgan fingerprint density at radius 1 is 1.21 bits per heavy atom. The van der Waals surface area contributed by atoms with Crippen molar-refractivity contribution in [3.05, 3.63) is 48.3 Å². The van der Waals surface area contributed by atoms with Crippen LogP contribution in [0.15, 0.2) is 42.7 Å². The number of nitrogens with one attached hydrogen (secondary N) is 2. The zero-order valence-electron chi connectivity index (χ0n) is 7.62. The van der Waals surface area contributed by atoms with Crippen molar-refractivity contribution in [1.82, 2.24) is 4.98 Å². The molecule has 0 radical (unpaired) electrons. The van der Waals surface area contributed by atoms with E-state index >= 15 is 0 Å². The normalized spacial score (nSPS) is 9.36. The van der Waals surface area contributed by atoms with E-state index in [-0.39, 0.29) is 0 Å². The Bertz CT molecular complexity index is 449. The van der Waals surface area contributed by atoms with Gasteiger partial charge in [0.25, 0.3) is 0 Å². The molecule has 0 aliphatic heterocycles. The fourth-order valence-electron chi connectivity index (χ4n) is 1.26. The minimum Gasteiger partial charge on any atom is -0.366 e. The summed E-state index contributed by atoms with van der Waals surface area (Å²) < 4.78 is 0. The van der Waals surface area contributed by atoms with Crippen LogP contribution in [0.25, 0.3) is 0 Å². The van der Waals surface area contributed by atoms with Gasteiger partial charge in [0.05, 0.1) is 5.69 Å². The number of aromatic nitrogens is 1. The van der Waals surface area contributed by atoms with Gasteiger partial charge in [-0.05, 0) is 24.3 Å². The Labute approximate surface area is 83.0 Å². The fraction of sp³-hybridized carbons (Fsp3) is 0. The zero-order chi connectivity index (χ0) is 9.80. The average molecular weight is 182 g/mol. The summed E-state index contributed by atoms with van der Waals surface area (Å²) in [6.07, 6.45) is 9.07. The van der Waals surface area contributed by atoms with Crippen molar-refractivity contribution in [2.24, 2.45) is 0 Å². The molecular weight excluding hydrogens is 172 g/mol. The van der Waals surface area contributed by atoms with Gasteiger partial charge in [-0.1, -0.05) is 12.0 Å². The van der Waals surface area contributed by atoms with Crippen molar-refractivity contribution in [1.29, 1.82) is 0 Å². The van der Waals surface area contributed by atoms with Crippen LogP contribution in [-0.2, 0) is 0 Å². The third kappa shape index (κ3) is 1.78. The van der Waals surface area contributed by atoms with Crippen LogP contribution in [0.1, 0.15) is 5.56 Å². The number of hydrogen-bond acceptors (Lipinski definition) is 1. The van der Waals surface area contributed by atoms with E-state index in [1.165, 1.54) is 0 Å². The molecule has 0 saturated heterocycles. The van der Waals surface area contributed by atoms with Gasteiger partial charge in [-0.3, -0.25) is 0 Å². The highest BCUT2D eigenvalue weighted by molar-refractivity contribution is 5.60. The number of H-pyrrole nitrogens is 1. The Kier molecular flexibility index (Phi) is 2.24. The number of aromatic amines is 1. The molecule has 0 aliphatic rings. The molecule has 1 heterocycles. The van der Waals surface area contributed by atoms with Crippen LogP contribution in [-0.4, -0.2) is 4.98 Å². The quantitative estimate of drug-likeness (QED) is 0.687. The van der Waals surface area contributed by atoms with Crippen molar-refractivity contribution in [3.63, 3.8) is 0 Å². The molecular formula is C12H10N2. The Hall–Kier alpha value is -2.14. The summed E-state index contributed by atoms with van der Waals surface area (Å²) in [7, 11) is 0. The number of anilines is 2. The third-order valence-corrected chi connectivity index (χ3v) is 1.92. The highest BCUT2D eigenvalue weighted by Crippen LogP contribution is 2.16. The molecule has 1 aromatic heterocycles. The number of hydrogen-bond donors (Lipinski definition) is 2. The fourth-order valence-corrected chi connectivity index (χ4v) is 1.26. The van der Waals surface area contributed by atoms with E-state index in [0.29, 0.717) is 0 Å². The topological polar surface area (TPSA) is 27.8 Å². The molecule has 1 aromatic carbocycles. The molecule has 68 valence electrons. The summed E-state index contributed by atoms with van der Waals surface area (Å²) in [6, 6.07) is 9.72. The maximum Gasteiger partial charge on any atom is 0.0561 e. The lowest BCUT2D eigenvalue weighted by Gasteiger charge is -2.03. The minimum atomic E-state index is 0.880. The summed E-state index contributed by atoms with van der Waals surface area (Å²) >= 11 is 0. The van der Waals surface area contributed by atoms with E-state index in [2.05, 4.69) is 16.2 Å². The van der Waals surface area contributed by atoms with Gasteiger partial charge in [-0.2, -0.15) is 0 Å². The molecule has 0 saturated carbocycles. The number of benzene rings is 1. The molecule has 0 amide bonds. The molecule has 2 N–H and O–H groups in total. The molecule has 0 fully saturated rings. The molecule has 14 heavy (non-hydrogen) atoms. The zero-order valence-corrected chi connectivity index (χ0v) is 7.62. The minimum absolute atomic E-state index is 0.880. The van der Waals surface area contributed by atoms with E-state index in [4.69, 9.17) is 6.42 Å². The molecule has 0 spiro atoms. The maximum absolute atomic E-state index is 5.31. The summed E-state index contributed by atoms with van der Waals surface area (Å²) in [5.41, 5.74) is 2.91.